The zero-order chi connectivity index (χ0) is 13.8. The van der Waals surface area contributed by atoms with Gasteiger partial charge < -0.3 is 10.7 Å². The highest BCUT2D eigenvalue weighted by molar-refractivity contribution is 7.07. The predicted octanol–water partition coefficient (Wildman–Crippen LogP) is 2.83. The van der Waals surface area contributed by atoms with E-state index in [2.05, 4.69) is 10.7 Å². The van der Waals surface area contributed by atoms with E-state index in [9.17, 15) is 4.79 Å². The minimum atomic E-state index is -0.133. The van der Waals surface area contributed by atoms with Gasteiger partial charge in [0.25, 0.3) is 5.91 Å². The van der Waals surface area contributed by atoms with Crippen LogP contribution in [0.3, 0.4) is 0 Å². The second kappa shape index (κ2) is 5.86. The molecule has 0 aliphatic heterocycles. The Morgan fingerprint density at radius 2 is 2.16 bits per heavy atom. The molecule has 1 aromatic heterocycles. The summed E-state index contributed by atoms with van der Waals surface area (Å²) < 4.78 is 0. The normalized spacial score (nSPS) is 11.9. The molecule has 0 spiro atoms. The van der Waals surface area contributed by atoms with Crippen LogP contribution in [-0.4, -0.2) is 5.91 Å². The van der Waals surface area contributed by atoms with Crippen LogP contribution in [-0.2, 0) is 0 Å². The summed E-state index contributed by atoms with van der Waals surface area (Å²) in [5, 5.41) is 6.99. The number of nitrogens with one attached hydrogen (secondary N) is 2. The third-order valence-electron chi connectivity index (χ3n) is 2.97. The second-order valence-electron chi connectivity index (χ2n) is 4.45. The van der Waals surface area contributed by atoms with Crippen molar-refractivity contribution in [3.8, 4) is 0 Å². The number of benzene rings is 1. The first-order chi connectivity index (χ1) is 9.11. The third kappa shape index (κ3) is 3.13. The van der Waals surface area contributed by atoms with Gasteiger partial charge in [0.1, 0.15) is 0 Å². The number of rotatable bonds is 4. The quantitative estimate of drug-likeness (QED) is 0.593. The van der Waals surface area contributed by atoms with Crippen molar-refractivity contribution >= 4 is 22.9 Å². The molecule has 2 rings (SSSR count). The van der Waals surface area contributed by atoms with Gasteiger partial charge in [0.2, 0.25) is 0 Å². The number of anilines is 1. The molecule has 0 bridgehead atoms. The molecule has 4 N–H and O–H groups in total. The van der Waals surface area contributed by atoms with E-state index in [0.29, 0.717) is 11.3 Å². The summed E-state index contributed by atoms with van der Waals surface area (Å²) >= 11 is 1.62. The molecule has 2 aromatic rings. The zero-order valence-corrected chi connectivity index (χ0v) is 11.8. The smallest absolute Gasteiger partial charge is 0.253 e. The van der Waals surface area contributed by atoms with Crippen LogP contribution in [0.1, 0.15) is 34.5 Å². The van der Waals surface area contributed by atoms with Crippen LogP contribution in [0, 0.1) is 6.92 Å². The number of hydrogen-bond donors (Lipinski definition) is 3. The summed E-state index contributed by atoms with van der Waals surface area (Å²) in [4.78, 5) is 12.2. The van der Waals surface area contributed by atoms with Crippen LogP contribution in [0.5, 0.6) is 0 Å². The Bertz CT molecular complexity index is 566. The van der Waals surface area contributed by atoms with Crippen LogP contribution < -0.4 is 16.6 Å². The Hall–Kier alpha value is -1.85. The molecular formula is C14H17N3OS. The number of nitrogen functional groups attached to an aromatic ring is 1. The Morgan fingerprint density at radius 1 is 1.37 bits per heavy atom. The maximum Gasteiger partial charge on any atom is 0.253 e. The minimum absolute atomic E-state index is 0.0225. The van der Waals surface area contributed by atoms with Gasteiger partial charge in [-0.2, -0.15) is 11.3 Å². The van der Waals surface area contributed by atoms with Crippen LogP contribution in [0.2, 0.25) is 0 Å². The molecule has 19 heavy (non-hydrogen) atoms. The summed E-state index contributed by atoms with van der Waals surface area (Å²) in [6.45, 7) is 3.92. The van der Waals surface area contributed by atoms with Gasteiger partial charge in [-0.05, 0) is 53.9 Å². The highest BCUT2D eigenvalue weighted by Gasteiger charge is 2.14. The maximum atomic E-state index is 12.2. The molecule has 0 saturated carbocycles. The summed E-state index contributed by atoms with van der Waals surface area (Å²) in [6, 6.07) is 7.51. The molecular weight excluding hydrogens is 258 g/mol. The predicted molar refractivity (Wildman–Crippen MR) is 79.2 cm³/mol. The standard InChI is InChI=1S/C14H17N3OS/c1-9-3-4-12(13(7-9)17-15)14(18)16-10(2)11-5-6-19-8-11/h3-8,10,17H,15H2,1-2H3,(H,16,18). The van der Waals surface area contributed by atoms with Gasteiger partial charge in [0, 0.05) is 0 Å². The minimum Gasteiger partial charge on any atom is -0.345 e. The van der Waals surface area contributed by atoms with Gasteiger partial charge in [0.15, 0.2) is 0 Å². The van der Waals surface area contributed by atoms with Crippen LogP contribution in [0.15, 0.2) is 35.0 Å². The van der Waals surface area contributed by atoms with Crippen LogP contribution in [0.4, 0.5) is 5.69 Å². The molecule has 1 heterocycles. The highest BCUT2D eigenvalue weighted by Crippen LogP contribution is 2.19. The Labute approximate surface area is 116 Å². The second-order valence-corrected chi connectivity index (χ2v) is 5.23. The van der Waals surface area contributed by atoms with Gasteiger partial charge in [-0.1, -0.05) is 6.07 Å². The van der Waals surface area contributed by atoms with Crippen molar-refractivity contribution < 1.29 is 4.79 Å². The number of nitrogens with two attached hydrogens (primary N) is 1. The van der Waals surface area contributed by atoms with Gasteiger partial charge in [-0.25, -0.2) is 0 Å². The van der Waals surface area contributed by atoms with E-state index in [1.165, 1.54) is 0 Å². The number of thiophene rings is 1. The molecule has 1 aromatic carbocycles. The largest absolute Gasteiger partial charge is 0.345 e. The maximum absolute atomic E-state index is 12.2. The van der Waals surface area contributed by atoms with E-state index in [4.69, 9.17) is 5.84 Å². The fourth-order valence-electron chi connectivity index (χ4n) is 1.85. The number of aryl methyl sites for hydroxylation is 1. The monoisotopic (exact) mass is 275 g/mol. The molecule has 0 aliphatic carbocycles. The van der Waals surface area contributed by atoms with E-state index in [0.717, 1.165) is 11.1 Å². The zero-order valence-electron chi connectivity index (χ0n) is 10.9. The number of hydrazine groups is 1. The van der Waals surface area contributed by atoms with Crippen LogP contribution >= 0.6 is 11.3 Å². The Balaban J connectivity index is 2.16. The number of carbonyl (C=O) groups is 1. The van der Waals surface area contributed by atoms with Gasteiger partial charge in [0.05, 0.1) is 17.3 Å². The first-order valence-electron chi connectivity index (χ1n) is 6.02. The summed E-state index contributed by atoms with van der Waals surface area (Å²) in [7, 11) is 0. The molecule has 0 saturated heterocycles. The lowest BCUT2D eigenvalue weighted by molar-refractivity contribution is 0.0940. The average molecular weight is 275 g/mol. The Kier molecular flexibility index (Phi) is 4.19. The fourth-order valence-corrected chi connectivity index (χ4v) is 2.61. The molecule has 100 valence electrons. The van der Waals surface area contributed by atoms with E-state index in [1.54, 1.807) is 17.4 Å². The third-order valence-corrected chi connectivity index (χ3v) is 3.67. The van der Waals surface area contributed by atoms with E-state index < -0.39 is 0 Å². The first-order valence-corrected chi connectivity index (χ1v) is 6.96. The molecule has 0 fully saturated rings. The molecule has 4 nitrogen and oxygen atoms in total. The SMILES string of the molecule is Cc1ccc(C(=O)NC(C)c2ccsc2)c(NN)c1. The van der Waals surface area contributed by atoms with Crippen molar-refractivity contribution in [3.05, 3.63) is 51.7 Å². The van der Waals surface area contributed by atoms with Crippen molar-refractivity contribution in [1.29, 1.82) is 0 Å². The van der Waals surface area contributed by atoms with E-state index >= 15 is 0 Å². The summed E-state index contributed by atoms with van der Waals surface area (Å²) in [6.07, 6.45) is 0. The lowest BCUT2D eigenvalue weighted by atomic mass is 10.1. The summed E-state index contributed by atoms with van der Waals surface area (Å²) in [5.74, 6) is 5.32. The van der Waals surface area contributed by atoms with Crippen molar-refractivity contribution in [1.82, 2.24) is 5.32 Å². The van der Waals surface area contributed by atoms with Crippen molar-refractivity contribution in [2.75, 3.05) is 5.43 Å². The number of hydrogen-bond acceptors (Lipinski definition) is 4. The topological polar surface area (TPSA) is 67.2 Å². The highest BCUT2D eigenvalue weighted by atomic mass is 32.1. The molecule has 0 radical (unpaired) electrons. The first kappa shape index (κ1) is 13.6. The van der Waals surface area contributed by atoms with Crippen molar-refractivity contribution in [3.63, 3.8) is 0 Å². The lowest BCUT2D eigenvalue weighted by Gasteiger charge is -2.15. The molecule has 1 unspecified atom stereocenters. The van der Waals surface area contributed by atoms with Crippen molar-refractivity contribution in [2.45, 2.75) is 19.9 Å². The number of carbonyl (C=O) groups excluding carboxylic acids is 1. The van der Waals surface area contributed by atoms with E-state index in [-0.39, 0.29) is 11.9 Å². The van der Waals surface area contributed by atoms with Gasteiger partial charge in [-0.3, -0.25) is 10.6 Å². The van der Waals surface area contributed by atoms with Crippen molar-refractivity contribution in [2.24, 2.45) is 5.84 Å². The summed E-state index contributed by atoms with van der Waals surface area (Å²) in [5.41, 5.74) is 5.91. The molecule has 1 atom stereocenters. The van der Waals surface area contributed by atoms with Gasteiger partial charge in [-0.15, -0.1) is 0 Å². The molecule has 5 heteroatoms. The van der Waals surface area contributed by atoms with Crippen LogP contribution in [0.25, 0.3) is 0 Å². The fraction of sp³-hybridized carbons (Fsp3) is 0.214. The van der Waals surface area contributed by atoms with E-state index in [1.807, 2.05) is 42.8 Å². The Morgan fingerprint density at radius 3 is 2.79 bits per heavy atom. The number of amides is 1. The lowest BCUT2D eigenvalue weighted by Crippen LogP contribution is -2.27. The molecule has 0 aliphatic rings. The van der Waals surface area contributed by atoms with Gasteiger partial charge >= 0.3 is 0 Å². The molecule has 1 amide bonds. The average Bonchev–Trinajstić information content (AvgIpc) is 2.92.